The van der Waals surface area contributed by atoms with Crippen molar-refractivity contribution in [3.63, 3.8) is 0 Å². The molecule has 0 unspecified atom stereocenters. The maximum atomic E-state index is 13.7. The molecule has 0 aromatic heterocycles. The number of hydrogen-bond donors (Lipinski definition) is 6. The maximum Gasteiger partial charge on any atom is 0.245 e. The van der Waals surface area contributed by atoms with Gasteiger partial charge in [0, 0.05) is 13.0 Å². The maximum absolute atomic E-state index is 13.7. The predicted octanol–water partition coefficient (Wildman–Crippen LogP) is -0.628. The standard InChI is InChI=1S/C31H46N6O7/c1-6-18(4)25-30(43)33-21(15-20-11-8-7-9-12-20)27(40)32-16-23(39)37-14-10-13-22(37)28(41)34-24(17(2)3)29(42)36-26(19(5)38)31(44)35-25/h7-9,11-12,17-19,21-22,24-26,38H,6,10,13-16H2,1-5H3,(H,32,40)(H,33,43)(H,34,41)(H,35,44)(H,36,42)/t18-,19+,21-,22-,24-,25-,26-/m0/s1. The molecule has 7 atom stereocenters. The van der Waals surface area contributed by atoms with Gasteiger partial charge in [0.05, 0.1) is 12.6 Å². The van der Waals surface area contributed by atoms with Crippen LogP contribution in [0.1, 0.15) is 59.4 Å². The molecule has 0 saturated carbocycles. The highest BCUT2D eigenvalue weighted by Crippen LogP contribution is 2.19. The van der Waals surface area contributed by atoms with Crippen LogP contribution in [0.4, 0.5) is 0 Å². The second-order valence-electron chi connectivity index (χ2n) is 12.0. The highest BCUT2D eigenvalue weighted by atomic mass is 16.3. The van der Waals surface area contributed by atoms with E-state index in [1.165, 1.54) is 11.8 Å². The van der Waals surface area contributed by atoms with Crippen LogP contribution in [0.3, 0.4) is 0 Å². The first-order chi connectivity index (χ1) is 20.8. The van der Waals surface area contributed by atoms with Crippen LogP contribution < -0.4 is 26.6 Å². The third-order valence-corrected chi connectivity index (χ3v) is 8.31. The molecule has 1 aromatic rings. The summed E-state index contributed by atoms with van der Waals surface area (Å²) < 4.78 is 0. The van der Waals surface area contributed by atoms with E-state index < -0.39 is 77.7 Å². The molecule has 2 heterocycles. The Bertz CT molecular complexity index is 1210. The van der Waals surface area contributed by atoms with Crippen LogP contribution >= 0.6 is 0 Å². The van der Waals surface area contributed by atoms with E-state index in [0.29, 0.717) is 25.8 Å². The summed E-state index contributed by atoms with van der Waals surface area (Å²) in [6.07, 6.45) is 0.205. The number of carbonyl (C=O) groups excluding carboxylic acids is 6. The fourth-order valence-corrected chi connectivity index (χ4v) is 5.42. The van der Waals surface area contributed by atoms with Crippen molar-refractivity contribution < 1.29 is 33.9 Å². The Kier molecular flexibility index (Phi) is 12.3. The van der Waals surface area contributed by atoms with Gasteiger partial charge in [0.1, 0.15) is 30.2 Å². The Labute approximate surface area is 258 Å². The van der Waals surface area contributed by atoms with Gasteiger partial charge >= 0.3 is 0 Å². The first kappa shape index (κ1) is 34.5. The SMILES string of the molecule is CC[C@H](C)[C@@H]1NC(=O)[C@H]([C@@H](C)O)NC(=O)[C@H](C(C)C)NC(=O)[C@@H]2CCCN2C(=O)CNC(=O)[C@H](Cc2ccccc2)NC1=O. The second kappa shape index (κ2) is 15.6. The van der Waals surface area contributed by atoms with E-state index in [1.807, 2.05) is 13.0 Å². The van der Waals surface area contributed by atoms with Crippen molar-refractivity contribution in [2.45, 2.75) is 96.6 Å². The Morgan fingerprint density at radius 2 is 1.39 bits per heavy atom. The highest BCUT2D eigenvalue weighted by Gasteiger charge is 2.39. The number of fused-ring (bicyclic) bond motifs is 1. The van der Waals surface area contributed by atoms with Gasteiger partial charge in [0.15, 0.2) is 0 Å². The van der Waals surface area contributed by atoms with E-state index in [0.717, 1.165) is 5.56 Å². The molecular weight excluding hydrogens is 568 g/mol. The third-order valence-electron chi connectivity index (χ3n) is 8.31. The molecule has 13 heteroatoms. The molecule has 44 heavy (non-hydrogen) atoms. The van der Waals surface area contributed by atoms with Crippen LogP contribution in [-0.2, 0) is 35.2 Å². The normalized spacial score (nSPS) is 27.6. The van der Waals surface area contributed by atoms with Crippen molar-refractivity contribution in [2.24, 2.45) is 11.8 Å². The molecule has 0 radical (unpaired) electrons. The summed E-state index contributed by atoms with van der Waals surface area (Å²) in [6.45, 7) is 8.28. The van der Waals surface area contributed by atoms with E-state index >= 15 is 0 Å². The lowest BCUT2D eigenvalue weighted by molar-refractivity contribution is -0.141. The highest BCUT2D eigenvalue weighted by molar-refractivity contribution is 5.98. The number of hydrogen-bond acceptors (Lipinski definition) is 7. The van der Waals surface area contributed by atoms with Crippen LogP contribution in [0, 0.1) is 11.8 Å². The number of amides is 6. The Morgan fingerprint density at radius 1 is 0.795 bits per heavy atom. The van der Waals surface area contributed by atoms with Gasteiger partial charge in [-0.05, 0) is 37.2 Å². The van der Waals surface area contributed by atoms with Gasteiger partial charge in [-0.25, -0.2) is 0 Å². The van der Waals surface area contributed by atoms with E-state index in [1.54, 1.807) is 45.0 Å². The molecule has 6 amide bonds. The molecule has 2 aliphatic rings. The van der Waals surface area contributed by atoms with Crippen LogP contribution in [0.15, 0.2) is 30.3 Å². The van der Waals surface area contributed by atoms with Gasteiger partial charge in [0.25, 0.3) is 0 Å². The van der Waals surface area contributed by atoms with Gasteiger partial charge < -0.3 is 36.6 Å². The number of aliphatic hydroxyl groups is 1. The molecule has 2 saturated heterocycles. The fraction of sp³-hybridized carbons (Fsp3) is 0.613. The lowest BCUT2D eigenvalue weighted by Crippen LogP contribution is -2.63. The van der Waals surface area contributed by atoms with Crippen molar-refractivity contribution in [1.29, 1.82) is 0 Å². The molecule has 0 aliphatic carbocycles. The zero-order chi connectivity index (χ0) is 32.6. The van der Waals surface area contributed by atoms with Crippen molar-refractivity contribution >= 4 is 35.4 Å². The Morgan fingerprint density at radius 3 is 2.00 bits per heavy atom. The van der Waals surface area contributed by atoms with Crippen LogP contribution in [-0.4, -0.2) is 94.9 Å². The lowest BCUT2D eigenvalue weighted by atomic mass is 9.96. The van der Waals surface area contributed by atoms with E-state index in [2.05, 4.69) is 26.6 Å². The number of benzene rings is 1. The number of carbonyl (C=O) groups is 6. The largest absolute Gasteiger partial charge is 0.391 e. The fourth-order valence-electron chi connectivity index (χ4n) is 5.42. The first-order valence-corrected chi connectivity index (χ1v) is 15.3. The van der Waals surface area contributed by atoms with Crippen molar-refractivity contribution in [2.75, 3.05) is 13.1 Å². The van der Waals surface area contributed by atoms with Crippen molar-refractivity contribution in [3.8, 4) is 0 Å². The van der Waals surface area contributed by atoms with Crippen LogP contribution in [0.25, 0.3) is 0 Å². The molecule has 0 bridgehead atoms. The first-order valence-electron chi connectivity index (χ1n) is 15.3. The quantitative estimate of drug-likeness (QED) is 0.246. The van der Waals surface area contributed by atoms with Gasteiger partial charge in [0.2, 0.25) is 35.4 Å². The molecule has 1 aromatic carbocycles. The zero-order valence-corrected chi connectivity index (χ0v) is 26.1. The minimum atomic E-state index is -1.44. The van der Waals surface area contributed by atoms with Crippen molar-refractivity contribution in [3.05, 3.63) is 35.9 Å². The average molecular weight is 615 g/mol. The van der Waals surface area contributed by atoms with E-state index in [4.69, 9.17) is 0 Å². The summed E-state index contributed by atoms with van der Waals surface area (Å²) in [5.74, 6) is -4.47. The van der Waals surface area contributed by atoms with Crippen molar-refractivity contribution in [1.82, 2.24) is 31.5 Å². The number of aliphatic hydroxyl groups excluding tert-OH is 1. The third kappa shape index (κ3) is 8.77. The monoisotopic (exact) mass is 614 g/mol. The lowest BCUT2D eigenvalue weighted by Gasteiger charge is -2.31. The van der Waals surface area contributed by atoms with E-state index in [-0.39, 0.29) is 18.9 Å². The van der Waals surface area contributed by atoms with Gasteiger partial charge in [-0.2, -0.15) is 0 Å². The molecule has 242 valence electrons. The van der Waals surface area contributed by atoms with E-state index in [9.17, 15) is 33.9 Å². The topological polar surface area (TPSA) is 186 Å². The number of nitrogens with zero attached hydrogens (tertiary/aromatic N) is 1. The summed E-state index contributed by atoms with van der Waals surface area (Å²) in [6, 6.07) is 3.48. The summed E-state index contributed by atoms with van der Waals surface area (Å²) in [4.78, 5) is 81.8. The summed E-state index contributed by atoms with van der Waals surface area (Å²) in [5, 5.41) is 23.7. The molecule has 2 aliphatic heterocycles. The minimum Gasteiger partial charge on any atom is -0.391 e. The molecule has 3 rings (SSSR count). The molecular formula is C31H46N6O7. The summed E-state index contributed by atoms with van der Waals surface area (Å²) in [7, 11) is 0. The van der Waals surface area contributed by atoms with Gasteiger partial charge in [-0.1, -0.05) is 64.4 Å². The molecule has 13 nitrogen and oxygen atoms in total. The number of nitrogens with one attached hydrogen (secondary N) is 5. The molecule has 2 fully saturated rings. The predicted molar refractivity (Wildman–Crippen MR) is 162 cm³/mol. The molecule has 6 N–H and O–H groups in total. The average Bonchev–Trinajstić information content (AvgIpc) is 3.49. The Balaban J connectivity index is 2.00. The van der Waals surface area contributed by atoms with Gasteiger partial charge in [-0.15, -0.1) is 0 Å². The van der Waals surface area contributed by atoms with Crippen LogP contribution in [0.2, 0.25) is 0 Å². The summed E-state index contributed by atoms with van der Waals surface area (Å²) >= 11 is 0. The molecule has 0 spiro atoms. The summed E-state index contributed by atoms with van der Waals surface area (Å²) in [5.41, 5.74) is 0.762. The number of rotatable bonds is 6. The Hall–Kier alpha value is -4.00. The van der Waals surface area contributed by atoms with Crippen LogP contribution in [0.5, 0.6) is 0 Å². The van der Waals surface area contributed by atoms with Gasteiger partial charge in [-0.3, -0.25) is 28.8 Å². The zero-order valence-electron chi connectivity index (χ0n) is 26.1. The second-order valence-corrected chi connectivity index (χ2v) is 12.0. The minimum absolute atomic E-state index is 0.117. The smallest absolute Gasteiger partial charge is 0.245 e.